The zero-order valence-electron chi connectivity index (χ0n) is 25.0. The summed E-state index contributed by atoms with van der Waals surface area (Å²) in [6.07, 6.45) is 6.57. The number of para-hydroxylation sites is 1. The van der Waals surface area contributed by atoms with Crippen molar-refractivity contribution in [2.45, 2.75) is 25.7 Å². The highest BCUT2D eigenvalue weighted by Crippen LogP contribution is 2.46. The molecule has 3 aliphatic rings. The quantitative estimate of drug-likeness (QED) is 0.289. The van der Waals surface area contributed by atoms with Crippen LogP contribution in [-0.4, -0.2) is 33.7 Å². The molecule has 0 saturated carbocycles. The molecule has 0 bridgehead atoms. The second kappa shape index (κ2) is 14.3. The molecule has 2 heterocycles. The van der Waals surface area contributed by atoms with Crippen LogP contribution in [0.25, 0.3) is 29.6 Å². The largest absolute Gasteiger partial charge is 0.456 e. The lowest BCUT2D eigenvalue weighted by atomic mass is 10.0. The number of thioether (sulfide) groups is 1. The Morgan fingerprint density at radius 1 is 0.884 bits per heavy atom. The van der Waals surface area contributed by atoms with Gasteiger partial charge in [0.2, 0.25) is 5.36 Å². The van der Waals surface area contributed by atoms with Crippen LogP contribution in [0.2, 0.25) is 0 Å². The molecule has 0 amide bonds. The highest BCUT2D eigenvalue weighted by molar-refractivity contribution is 8.03. The first-order valence-corrected chi connectivity index (χ1v) is 16.0. The molecule has 43 heavy (non-hydrogen) atoms. The van der Waals surface area contributed by atoms with E-state index in [4.69, 9.17) is 23.1 Å². The Morgan fingerprint density at radius 3 is 2.19 bits per heavy atom. The molecule has 0 N–H and O–H groups in total. The molecule has 2 aliphatic heterocycles. The van der Waals surface area contributed by atoms with Crippen molar-refractivity contribution in [2.24, 2.45) is 0 Å². The van der Waals surface area contributed by atoms with Gasteiger partial charge in [0.1, 0.15) is 24.6 Å². The fourth-order valence-corrected chi connectivity index (χ4v) is 6.06. The van der Waals surface area contributed by atoms with Crippen LogP contribution in [0, 0.1) is 10.2 Å². The molecule has 0 radical (unpaired) electrons. The van der Waals surface area contributed by atoms with E-state index < -0.39 is 10.2 Å². The van der Waals surface area contributed by atoms with E-state index in [-0.39, 0.29) is 0 Å². The van der Waals surface area contributed by atoms with E-state index >= 15 is 0 Å². The van der Waals surface area contributed by atoms with Crippen LogP contribution in [0.4, 0.5) is 11.4 Å². The Balaban J connectivity index is 0.000000782. The van der Waals surface area contributed by atoms with Crippen LogP contribution in [0.5, 0.6) is 0 Å². The molecule has 0 aromatic heterocycles. The zero-order chi connectivity index (χ0) is 31.1. The summed E-state index contributed by atoms with van der Waals surface area (Å²) in [6, 6.07) is 25.9. The monoisotopic (exact) mass is 621 g/mol. The molecule has 1 aliphatic carbocycles. The van der Waals surface area contributed by atoms with E-state index in [1.807, 2.05) is 0 Å². The molecule has 8 nitrogen and oxygen atoms in total. The van der Waals surface area contributed by atoms with Gasteiger partial charge in [0.25, 0.3) is 0 Å². The molecule has 0 spiro atoms. The number of rotatable bonds is 7. The van der Waals surface area contributed by atoms with Crippen molar-refractivity contribution in [3.8, 4) is 11.3 Å². The van der Waals surface area contributed by atoms with E-state index in [0.29, 0.717) is 0 Å². The average Bonchev–Trinajstić information content (AvgIpc) is 3.32. The van der Waals surface area contributed by atoms with Crippen molar-refractivity contribution in [1.82, 2.24) is 4.58 Å². The van der Waals surface area contributed by atoms with E-state index in [0.717, 1.165) is 42.3 Å². The first-order chi connectivity index (χ1) is 20.5. The van der Waals surface area contributed by atoms with Gasteiger partial charge in [-0.15, -0.1) is 10.2 Å². The van der Waals surface area contributed by atoms with Gasteiger partial charge in [-0.25, -0.2) is 23.2 Å². The first-order valence-electron chi connectivity index (χ1n) is 14.0. The van der Waals surface area contributed by atoms with Crippen molar-refractivity contribution < 1.29 is 33.3 Å². The topological polar surface area (TPSA) is 115 Å². The van der Waals surface area contributed by atoms with Gasteiger partial charge in [-0.1, -0.05) is 48.2 Å². The summed E-state index contributed by atoms with van der Waals surface area (Å²) in [5.74, 6) is 1.75. The normalized spacial score (nSPS) is 13.8. The third-order valence-electron chi connectivity index (χ3n) is 7.01. The van der Waals surface area contributed by atoms with Crippen molar-refractivity contribution >= 4 is 41.4 Å². The molecule has 0 saturated heterocycles. The number of nitrogens with zero attached hydrogens (tertiary/aromatic N) is 3. The molecule has 226 valence electrons. The van der Waals surface area contributed by atoms with E-state index in [1.165, 1.54) is 32.2 Å². The lowest BCUT2D eigenvalue weighted by Gasteiger charge is -2.18. The minimum absolute atomic E-state index is 0.852. The molecular formula is C33H36ClN3O5S. The van der Waals surface area contributed by atoms with Gasteiger partial charge in [0, 0.05) is 48.9 Å². The average molecular weight is 622 g/mol. The van der Waals surface area contributed by atoms with Crippen LogP contribution in [0.15, 0.2) is 87.1 Å². The summed E-state index contributed by atoms with van der Waals surface area (Å²) in [4.78, 5) is 5.76. The highest BCUT2D eigenvalue weighted by atomic mass is 35.7. The summed E-state index contributed by atoms with van der Waals surface area (Å²) >= 11 is 1.80. The molecule has 5 rings (SSSR count). The lowest BCUT2D eigenvalue weighted by molar-refractivity contribution is -2.00. The minimum atomic E-state index is -4.94. The maximum absolute atomic E-state index is 8.49. The van der Waals surface area contributed by atoms with Crippen LogP contribution < -0.4 is 38.4 Å². The maximum atomic E-state index is 8.49. The third kappa shape index (κ3) is 8.51. The van der Waals surface area contributed by atoms with E-state index in [2.05, 4.69) is 140 Å². The van der Waals surface area contributed by atoms with E-state index in [9.17, 15) is 0 Å². The summed E-state index contributed by atoms with van der Waals surface area (Å²) in [6.45, 7) is 9.40. The highest BCUT2D eigenvalue weighted by Gasteiger charge is 2.24. The van der Waals surface area contributed by atoms with Gasteiger partial charge in [-0.05, 0) is 68.3 Å². The summed E-state index contributed by atoms with van der Waals surface area (Å²) < 4.78 is 42.9. The number of anilines is 2. The summed E-state index contributed by atoms with van der Waals surface area (Å²) in [7, 11) is -0.818. The Bertz CT molecular complexity index is 1630. The molecule has 0 fully saturated rings. The second-order valence-electron chi connectivity index (χ2n) is 9.95. The molecule has 0 atom stereocenters. The number of hydrogen-bond donors (Lipinski definition) is 0. The smallest absolute Gasteiger partial charge is 0.203 e. The SMILES string of the molecule is CCN1/C(=C/c2cc(/C=C/c3ccc(N(C)C)cc3)c3ccc(=[N+](CC)CC)cc-3o2)Sc2ccccc21.[O-][Cl+3]([O-])([O-])[O-]. The Kier molecular flexibility index (Phi) is 10.7. The number of benzene rings is 3. The van der Waals surface area contributed by atoms with Crippen molar-refractivity contribution in [1.29, 1.82) is 0 Å². The molecule has 2 aromatic rings. The second-order valence-corrected chi connectivity index (χ2v) is 11.8. The van der Waals surface area contributed by atoms with Crippen molar-refractivity contribution in [3.05, 3.63) is 100 Å². The minimum Gasteiger partial charge on any atom is -0.456 e. The maximum Gasteiger partial charge on any atom is 0.203 e. The van der Waals surface area contributed by atoms with Gasteiger partial charge in [-0.2, -0.15) is 0 Å². The first kappa shape index (κ1) is 32.3. The van der Waals surface area contributed by atoms with Crippen LogP contribution in [-0.2, 0) is 0 Å². The van der Waals surface area contributed by atoms with Gasteiger partial charge in [-0.3, -0.25) is 0 Å². The number of hydrogen-bond acceptors (Lipinski definition) is 8. The third-order valence-corrected chi connectivity index (χ3v) is 8.13. The van der Waals surface area contributed by atoms with Gasteiger partial charge < -0.3 is 14.2 Å². The Labute approximate surface area is 259 Å². The zero-order valence-corrected chi connectivity index (χ0v) is 26.5. The van der Waals surface area contributed by atoms with Crippen LogP contribution in [0.3, 0.4) is 0 Å². The number of fused-ring (bicyclic) bond motifs is 2. The van der Waals surface area contributed by atoms with Crippen molar-refractivity contribution in [3.63, 3.8) is 0 Å². The summed E-state index contributed by atoms with van der Waals surface area (Å²) in [5.41, 5.74) is 5.88. The van der Waals surface area contributed by atoms with Gasteiger partial charge in [0.15, 0.2) is 0 Å². The Morgan fingerprint density at radius 2 is 1.56 bits per heavy atom. The van der Waals surface area contributed by atoms with Gasteiger partial charge >= 0.3 is 0 Å². The predicted molar refractivity (Wildman–Crippen MR) is 165 cm³/mol. The fraction of sp³-hybridized carbons (Fsp3) is 0.242. The molecule has 10 heteroatoms. The molecule has 0 unspecified atom stereocenters. The Hall–Kier alpha value is -3.57. The standard InChI is InChI=1S/C33H36N3OS.ClHO4/c1-6-35(7-2)27-19-20-29-25(16-13-24-14-17-26(18-15-24)34(4)5)21-28(37-31(29)22-27)23-33-36(8-3)30-11-9-10-12-32(30)38-33;2-1(3,4)5/h9-23H,6-8H2,1-5H3;(H,2,3,4,5)/q+1;/p-1. The molecular weight excluding hydrogens is 586 g/mol. The van der Waals surface area contributed by atoms with Gasteiger partial charge in [0.05, 0.1) is 16.8 Å². The fourth-order valence-electron chi connectivity index (χ4n) is 4.89. The lowest BCUT2D eigenvalue weighted by Crippen LogP contribution is -2.68. The predicted octanol–water partition coefficient (Wildman–Crippen LogP) is 2.61. The number of halogens is 1. The molecule has 2 aromatic carbocycles. The van der Waals surface area contributed by atoms with Crippen molar-refractivity contribution in [2.75, 3.05) is 43.5 Å². The summed E-state index contributed by atoms with van der Waals surface area (Å²) in [5, 5.41) is 2.37. The van der Waals surface area contributed by atoms with Crippen LogP contribution >= 0.6 is 11.8 Å². The van der Waals surface area contributed by atoms with Crippen LogP contribution in [0.1, 0.15) is 37.7 Å². The van der Waals surface area contributed by atoms with E-state index in [1.54, 1.807) is 11.8 Å².